The van der Waals surface area contributed by atoms with Gasteiger partial charge in [-0.2, -0.15) is 0 Å². The van der Waals surface area contributed by atoms with Gasteiger partial charge >= 0.3 is 0 Å². The third-order valence-electron chi connectivity index (χ3n) is 3.45. The van der Waals surface area contributed by atoms with Crippen LogP contribution in [-0.4, -0.2) is 58.3 Å². The van der Waals surface area contributed by atoms with Gasteiger partial charge in [-0.1, -0.05) is 6.07 Å². The summed E-state index contributed by atoms with van der Waals surface area (Å²) in [5.41, 5.74) is 1.20. The molecule has 100 valence electrons. The minimum Gasteiger partial charge on any atom is -0.497 e. The van der Waals surface area contributed by atoms with Gasteiger partial charge in [-0.3, -0.25) is 0 Å². The zero-order valence-corrected chi connectivity index (χ0v) is 11.5. The van der Waals surface area contributed by atoms with Crippen LogP contribution in [0.5, 0.6) is 5.75 Å². The van der Waals surface area contributed by atoms with Gasteiger partial charge in [0.1, 0.15) is 5.75 Å². The highest BCUT2D eigenvalue weighted by atomic mass is 16.5. The molecule has 0 saturated carbocycles. The van der Waals surface area contributed by atoms with E-state index in [-0.39, 0.29) is 0 Å². The average molecular weight is 249 g/mol. The first kappa shape index (κ1) is 13.2. The molecular formula is C14H23N3O. The molecule has 0 spiro atoms. The lowest BCUT2D eigenvalue weighted by molar-refractivity contribution is 0.241. The van der Waals surface area contributed by atoms with Gasteiger partial charge in [0.05, 0.1) is 7.11 Å². The molecule has 1 atom stereocenters. The highest BCUT2D eigenvalue weighted by molar-refractivity contribution is 5.50. The summed E-state index contributed by atoms with van der Waals surface area (Å²) < 4.78 is 5.26. The molecule has 0 aliphatic carbocycles. The number of hydrogen-bond acceptors (Lipinski definition) is 4. The minimum absolute atomic E-state index is 0.528. The van der Waals surface area contributed by atoms with Crippen LogP contribution in [0.1, 0.15) is 0 Å². The lowest BCUT2D eigenvalue weighted by atomic mass is 10.2. The quantitative estimate of drug-likeness (QED) is 0.863. The Morgan fingerprint density at radius 2 is 2.33 bits per heavy atom. The third-order valence-corrected chi connectivity index (χ3v) is 3.45. The van der Waals surface area contributed by atoms with Crippen molar-refractivity contribution in [1.82, 2.24) is 10.2 Å². The minimum atomic E-state index is 0.528. The fourth-order valence-electron chi connectivity index (χ4n) is 2.40. The van der Waals surface area contributed by atoms with Crippen LogP contribution in [0.2, 0.25) is 0 Å². The maximum atomic E-state index is 5.26. The van der Waals surface area contributed by atoms with E-state index in [0.717, 1.165) is 31.9 Å². The van der Waals surface area contributed by atoms with Crippen molar-refractivity contribution >= 4 is 5.69 Å². The number of piperazine rings is 1. The molecule has 1 aromatic carbocycles. The molecule has 1 saturated heterocycles. The molecule has 1 aliphatic heterocycles. The van der Waals surface area contributed by atoms with Crippen LogP contribution in [0.4, 0.5) is 5.69 Å². The summed E-state index contributed by atoms with van der Waals surface area (Å²) in [5.74, 6) is 0.910. The van der Waals surface area contributed by atoms with Crippen LogP contribution in [0.15, 0.2) is 24.3 Å². The lowest BCUT2D eigenvalue weighted by Gasteiger charge is -2.34. The second kappa shape index (κ2) is 6.07. The van der Waals surface area contributed by atoms with Crippen molar-refractivity contribution in [1.29, 1.82) is 0 Å². The molecule has 1 aliphatic rings. The Balaban J connectivity index is 1.95. The van der Waals surface area contributed by atoms with E-state index in [0.29, 0.717) is 6.04 Å². The van der Waals surface area contributed by atoms with E-state index < -0.39 is 0 Å². The highest BCUT2D eigenvalue weighted by Crippen LogP contribution is 2.20. The second-order valence-corrected chi connectivity index (χ2v) is 5.00. The largest absolute Gasteiger partial charge is 0.497 e. The van der Waals surface area contributed by atoms with Gasteiger partial charge in [-0.25, -0.2) is 0 Å². The first-order valence-corrected chi connectivity index (χ1v) is 6.46. The molecular weight excluding hydrogens is 226 g/mol. The molecule has 0 bridgehead atoms. The standard InChI is InChI=1S/C14H23N3O/c1-16-8-7-15-12(10-16)11-17(2)13-5-4-6-14(9-13)18-3/h4-6,9,12,15H,7-8,10-11H2,1-3H3. The Kier molecular flexibility index (Phi) is 4.44. The highest BCUT2D eigenvalue weighted by Gasteiger charge is 2.18. The van der Waals surface area contributed by atoms with Gasteiger partial charge in [-0.15, -0.1) is 0 Å². The number of nitrogens with one attached hydrogen (secondary N) is 1. The molecule has 0 radical (unpaired) electrons. The molecule has 4 nitrogen and oxygen atoms in total. The van der Waals surface area contributed by atoms with Crippen molar-refractivity contribution < 1.29 is 4.74 Å². The van der Waals surface area contributed by atoms with E-state index in [2.05, 4.69) is 41.3 Å². The summed E-state index contributed by atoms with van der Waals surface area (Å²) in [6.45, 7) is 4.33. The summed E-state index contributed by atoms with van der Waals surface area (Å²) in [4.78, 5) is 4.65. The van der Waals surface area contributed by atoms with E-state index in [1.165, 1.54) is 5.69 Å². The zero-order chi connectivity index (χ0) is 13.0. The maximum absolute atomic E-state index is 5.26. The van der Waals surface area contributed by atoms with Crippen LogP contribution in [0.25, 0.3) is 0 Å². The van der Waals surface area contributed by atoms with Gasteiger partial charge in [0, 0.05) is 51.0 Å². The molecule has 1 heterocycles. The third kappa shape index (κ3) is 3.37. The molecule has 0 aromatic heterocycles. The van der Waals surface area contributed by atoms with Gasteiger partial charge < -0.3 is 19.9 Å². The summed E-state index contributed by atoms with van der Waals surface area (Å²) in [7, 11) is 6.02. The molecule has 1 N–H and O–H groups in total. The summed E-state index contributed by atoms with van der Waals surface area (Å²) in [6.07, 6.45) is 0. The van der Waals surface area contributed by atoms with Crippen LogP contribution in [-0.2, 0) is 0 Å². The van der Waals surface area contributed by atoms with Crippen molar-refractivity contribution in [2.75, 3.05) is 52.3 Å². The van der Waals surface area contributed by atoms with Crippen molar-refractivity contribution in [2.24, 2.45) is 0 Å². The molecule has 0 amide bonds. The molecule has 2 rings (SSSR count). The monoisotopic (exact) mass is 249 g/mol. The Morgan fingerprint density at radius 3 is 3.06 bits per heavy atom. The normalized spacial score (nSPS) is 20.7. The molecule has 1 unspecified atom stereocenters. The van der Waals surface area contributed by atoms with Crippen molar-refractivity contribution in [3.63, 3.8) is 0 Å². The van der Waals surface area contributed by atoms with Gasteiger partial charge in [0.15, 0.2) is 0 Å². The predicted molar refractivity (Wildman–Crippen MR) is 75.6 cm³/mol. The van der Waals surface area contributed by atoms with E-state index in [1.54, 1.807) is 7.11 Å². The van der Waals surface area contributed by atoms with E-state index in [1.807, 2.05) is 12.1 Å². The average Bonchev–Trinajstić information content (AvgIpc) is 2.39. The molecule has 1 fully saturated rings. The Hall–Kier alpha value is -1.26. The van der Waals surface area contributed by atoms with E-state index in [9.17, 15) is 0 Å². The Bertz CT molecular complexity index is 383. The topological polar surface area (TPSA) is 27.7 Å². The fraction of sp³-hybridized carbons (Fsp3) is 0.571. The van der Waals surface area contributed by atoms with Gasteiger partial charge in [0.25, 0.3) is 0 Å². The Morgan fingerprint density at radius 1 is 1.50 bits per heavy atom. The number of hydrogen-bond donors (Lipinski definition) is 1. The van der Waals surface area contributed by atoms with Crippen LogP contribution in [0.3, 0.4) is 0 Å². The number of anilines is 1. The van der Waals surface area contributed by atoms with E-state index in [4.69, 9.17) is 4.74 Å². The van der Waals surface area contributed by atoms with Gasteiger partial charge in [0.2, 0.25) is 0 Å². The first-order valence-electron chi connectivity index (χ1n) is 6.46. The van der Waals surface area contributed by atoms with Crippen LogP contribution < -0.4 is 15.0 Å². The predicted octanol–water partition coefficient (Wildman–Crippen LogP) is 1.03. The number of methoxy groups -OCH3 is 1. The molecule has 18 heavy (non-hydrogen) atoms. The number of likely N-dealkylation sites (N-methyl/N-ethyl adjacent to an activating group) is 2. The summed E-state index contributed by atoms with van der Waals surface area (Å²) in [5, 5.41) is 3.56. The van der Waals surface area contributed by atoms with Crippen molar-refractivity contribution in [3.05, 3.63) is 24.3 Å². The van der Waals surface area contributed by atoms with E-state index >= 15 is 0 Å². The number of benzene rings is 1. The van der Waals surface area contributed by atoms with Crippen molar-refractivity contribution in [2.45, 2.75) is 6.04 Å². The summed E-state index contributed by atoms with van der Waals surface area (Å²) >= 11 is 0. The molecule has 4 heteroatoms. The van der Waals surface area contributed by atoms with Crippen LogP contribution in [0, 0.1) is 0 Å². The SMILES string of the molecule is COc1cccc(N(C)CC2CN(C)CCN2)c1. The fourth-order valence-corrected chi connectivity index (χ4v) is 2.40. The molecule has 1 aromatic rings. The number of rotatable bonds is 4. The smallest absolute Gasteiger partial charge is 0.120 e. The Labute approximate surface area is 110 Å². The summed E-state index contributed by atoms with van der Waals surface area (Å²) in [6, 6.07) is 8.73. The first-order chi connectivity index (χ1) is 8.69. The maximum Gasteiger partial charge on any atom is 0.120 e. The van der Waals surface area contributed by atoms with Gasteiger partial charge in [-0.05, 0) is 19.2 Å². The zero-order valence-electron chi connectivity index (χ0n) is 11.5. The second-order valence-electron chi connectivity index (χ2n) is 5.00. The number of ether oxygens (including phenoxy) is 1. The van der Waals surface area contributed by atoms with Crippen molar-refractivity contribution in [3.8, 4) is 5.75 Å². The lowest BCUT2D eigenvalue weighted by Crippen LogP contribution is -2.53. The number of nitrogens with zero attached hydrogens (tertiary/aromatic N) is 2. The van der Waals surface area contributed by atoms with Crippen LogP contribution >= 0.6 is 0 Å².